The number of hydrogen-bond donors (Lipinski definition) is 2. The molecule has 5 nitrogen and oxygen atoms in total. The Bertz CT molecular complexity index is 276. The van der Waals surface area contributed by atoms with Gasteiger partial charge in [0.05, 0.1) is 6.54 Å². The van der Waals surface area contributed by atoms with E-state index in [4.69, 9.17) is 0 Å². The minimum atomic E-state index is -0.0865. The van der Waals surface area contributed by atoms with Crippen molar-refractivity contribution in [2.75, 3.05) is 20.1 Å². The van der Waals surface area contributed by atoms with Crippen molar-refractivity contribution in [1.29, 1.82) is 0 Å². The highest BCUT2D eigenvalue weighted by Gasteiger charge is 2.30. The van der Waals surface area contributed by atoms with E-state index in [1.54, 1.807) is 4.90 Å². The van der Waals surface area contributed by atoms with Gasteiger partial charge in [-0.2, -0.15) is 0 Å². The van der Waals surface area contributed by atoms with E-state index in [1.165, 1.54) is 0 Å². The largest absolute Gasteiger partial charge is 0.352 e. The first-order valence-corrected chi connectivity index (χ1v) is 4.99. The fraction of sp³-hybridized carbons (Fsp3) is 0.778. The Hall–Kier alpha value is -1.26. The van der Waals surface area contributed by atoms with E-state index in [1.807, 2.05) is 7.05 Å². The highest BCUT2D eigenvalue weighted by atomic mass is 16.2. The van der Waals surface area contributed by atoms with Crippen molar-refractivity contribution in [2.24, 2.45) is 4.99 Å². The predicted octanol–water partition coefficient (Wildman–Crippen LogP) is -0.846. The molecular weight excluding hydrogens is 180 g/mol. The molecule has 0 aromatic heterocycles. The van der Waals surface area contributed by atoms with E-state index >= 15 is 0 Å². The topological polar surface area (TPSA) is 56.7 Å². The second-order valence-electron chi connectivity index (χ2n) is 3.98. The fourth-order valence-corrected chi connectivity index (χ4v) is 1.76. The molecule has 2 aliphatic rings. The summed E-state index contributed by atoms with van der Waals surface area (Å²) in [6.45, 7) is 3.69. The molecule has 0 aromatic carbocycles. The normalized spacial score (nSPS) is 31.7. The molecule has 0 saturated carbocycles. The molecule has 0 spiro atoms. The second-order valence-corrected chi connectivity index (χ2v) is 3.98. The molecule has 0 bridgehead atoms. The summed E-state index contributed by atoms with van der Waals surface area (Å²) < 4.78 is 0. The minimum Gasteiger partial charge on any atom is -0.352 e. The Labute approximate surface area is 83.6 Å². The summed E-state index contributed by atoms with van der Waals surface area (Å²) in [5, 5.41) is 6.32. The third-order valence-corrected chi connectivity index (χ3v) is 2.64. The molecule has 0 aliphatic carbocycles. The SMILES string of the molecule is CC1CN=C(NC2CCN(C)C2=O)N1. The molecule has 2 aliphatic heterocycles. The first-order valence-electron chi connectivity index (χ1n) is 4.99. The molecule has 78 valence electrons. The van der Waals surface area contributed by atoms with Gasteiger partial charge in [-0.05, 0) is 13.3 Å². The Balaban J connectivity index is 1.90. The van der Waals surface area contributed by atoms with E-state index in [-0.39, 0.29) is 11.9 Å². The highest BCUT2D eigenvalue weighted by molar-refractivity contribution is 5.90. The first kappa shape index (κ1) is 9.30. The average Bonchev–Trinajstić information content (AvgIpc) is 2.67. The van der Waals surface area contributed by atoms with Crippen molar-refractivity contribution >= 4 is 11.9 Å². The highest BCUT2D eigenvalue weighted by Crippen LogP contribution is 2.08. The maximum absolute atomic E-state index is 11.6. The molecule has 2 rings (SSSR count). The molecule has 0 radical (unpaired) electrons. The van der Waals surface area contributed by atoms with Gasteiger partial charge in [0.1, 0.15) is 6.04 Å². The lowest BCUT2D eigenvalue weighted by atomic mass is 10.2. The maximum Gasteiger partial charge on any atom is 0.244 e. The van der Waals surface area contributed by atoms with E-state index in [0.29, 0.717) is 6.04 Å². The van der Waals surface area contributed by atoms with Gasteiger partial charge >= 0.3 is 0 Å². The Kier molecular flexibility index (Phi) is 2.31. The summed E-state index contributed by atoms with van der Waals surface area (Å²) in [5.74, 6) is 0.931. The maximum atomic E-state index is 11.6. The number of rotatable bonds is 1. The smallest absolute Gasteiger partial charge is 0.244 e. The predicted molar refractivity (Wildman–Crippen MR) is 54.1 cm³/mol. The van der Waals surface area contributed by atoms with Crippen molar-refractivity contribution < 1.29 is 4.79 Å². The Morgan fingerprint density at radius 2 is 2.43 bits per heavy atom. The number of nitrogens with one attached hydrogen (secondary N) is 2. The van der Waals surface area contributed by atoms with Crippen LogP contribution in [-0.4, -0.2) is 49.0 Å². The fourth-order valence-electron chi connectivity index (χ4n) is 1.76. The zero-order chi connectivity index (χ0) is 10.1. The molecular formula is C9H16N4O. The summed E-state index contributed by atoms with van der Waals surface area (Å²) in [6, 6.07) is 0.295. The van der Waals surface area contributed by atoms with Crippen LogP contribution in [0.4, 0.5) is 0 Å². The molecule has 2 unspecified atom stereocenters. The van der Waals surface area contributed by atoms with Crippen LogP contribution in [0, 0.1) is 0 Å². The number of nitrogens with zero attached hydrogens (tertiary/aromatic N) is 2. The van der Waals surface area contributed by atoms with Crippen LogP contribution >= 0.6 is 0 Å². The van der Waals surface area contributed by atoms with Crippen LogP contribution in [-0.2, 0) is 4.79 Å². The molecule has 1 saturated heterocycles. The molecule has 2 heterocycles. The van der Waals surface area contributed by atoms with E-state index < -0.39 is 0 Å². The van der Waals surface area contributed by atoms with Crippen molar-refractivity contribution in [2.45, 2.75) is 25.4 Å². The Morgan fingerprint density at radius 1 is 1.64 bits per heavy atom. The summed E-state index contributed by atoms with van der Waals surface area (Å²) in [6.07, 6.45) is 0.865. The zero-order valence-electron chi connectivity index (χ0n) is 8.58. The molecule has 2 atom stereocenters. The van der Waals surface area contributed by atoms with Crippen LogP contribution in [0.5, 0.6) is 0 Å². The number of aliphatic imine (C=N–C) groups is 1. The summed E-state index contributed by atoms with van der Waals surface area (Å²) in [4.78, 5) is 17.6. The van der Waals surface area contributed by atoms with Gasteiger partial charge in [0, 0.05) is 19.6 Å². The Morgan fingerprint density at radius 3 is 2.93 bits per heavy atom. The third kappa shape index (κ3) is 1.66. The van der Waals surface area contributed by atoms with Crippen LogP contribution in [0.3, 0.4) is 0 Å². The van der Waals surface area contributed by atoms with Gasteiger partial charge in [0.2, 0.25) is 5.91 Å². The number of carbonyl (C=O) groups is 1. The van der Waals surface area contributed by atoms with Gasteiger partial charge in [-0.1, -0.05) is 0 Å². The second kappa shape index (κ2) is 3.48. The van der Waals surface area contributed by atoms with E-state index in [9.17, 15) is 4.79 Å². The minimum absolute atomic E-state index is 0.0865. The van der Waals surface area contributed by atoms with Crippen LogP contribution in [0.2, 0.25) is 0 Å². The standard InChI is InChI=1S/C9H16N4O/c1-6-5-10-9(11-6)12-7-3-4-13(2)8(7)14/h6-7H,3-5H2,1-2H3,(H2,10,11,12). The molecule has 2 N–H and O–H groups in total. The van der Waals surface area contributed by atoms with Gasteiger partial charge < -0.3 is 15.5 Å². The lowest BCUT2D eigenvalue weighted by Crippen LogP contribution is -2.46. The number of carbonyl (C=O) groups excluding carboxylic acids is 1. The first-order chi connectivity index (χ1) is 6.66. The van der Waals surface area contributed by atoms with Crippen molar-refractivity contribution in [1.82, 2.24) is 15.5 Å². The molecule has 14 heavy (non-hydrogen) atoms. The summed E-state index contributed by atoms with van der Waals surface area (Å²) in [7, 11) is 1.83. The molecule has 1 amide bonds. The van der Waals surface area contributed by atoms with Gasteiger partial charge in [-0.15, -0.1) is 0 Å². The van der Waals surface area contributed by atoms with Gasteiger partial charge in [0.25, 0.3) is 0 Å². The number of amides is 1. The number of guanidine groups is 1. The van der Waals surface area contributed by atoms with Crippen molar-refractivity contribution in [3.8, 4) is 0 Å². The zero-order valence-corrected chi connectivity index (χ0v) is 8.58. The lowest BCUT2D eigenvalue weighted by Gasteiger charge is -2.14. The van der Waals surface area contributed by atoms with E-state index in [0.717, 1.165) is 25.5 Å². The molecule has 1 fully saturated rings. The van der Waals surface area contributed by atoms with Crippen LogP contribution in [0.25, 0.3) is 0 Å². The summed E-state index contributed by atoms with van der Waals surface area (Å²) in [5.41, 5.74) is 0. The van der Waals surface area contributed by atoms with Crippen molar-refractivity contribution in [3.05, 3.63) is 0 Å². The van der Waals surface area contributed by atoms with Crippen LogP contribution < -0.4 is 10.6 Å². The van der Waals surface area contributed by atoms with Crippen LogP contribution in [0.15, 0.2) is 4.99 Å². The van der Waals surface area contributed by atoms with E-state index in [2.05, 4.69) is 22.5 Å². The third-order valence-electron chi connectivity index (χ3n) is 2.64. The van der Waals surface area contributed by atoms with Gasteiger partial charge in [0.15, 0.2) is 5.96 Å². The molecule has 0 aromatic rings. The molecule has 5 heteroatoms. The van der Waals surface area contributed by atoms with Gasteiger partial charge in [-0.25, -0.2) is 0 Å². The van der Waals surface area contributed by atoms with Crippen molar-refractivity contribution in [3.63, 3.8) is 0 Å². The number of likely N-dealkylation sites (tertiary alicyclic amines) is 1. The quantitative estimate of drug-likeness (QED) is 0.574. The van der Waals surface area contributed by atoms with Gasteiger partial charge in [-0.3, -0.25) is 9.79 Å². The monoisotopic (exact) mass is 196 g/mol. The number of likely N-dealkylation sites (N-methyl/N-ethyl adjacent to an activating group) is 1. The number of hydrogen-bond acceptors (Lipinski definition) is 4. The van der Waals surface area contributed by atoms with Crippen LogP contribution in [0.1, 0.15) is 13.3 Å². The lowest BCUT2D eigenvalue weighted by molar-refractivity contribution is -0.127. The summed E-state index contributed by atoms with van der Waals surface area (Å²) >= 11 is 0. The average molecular weight is 196 g/mol.